The fourth-order valence-electron chi connectivity index (χ4n) is 2.26. The second kappa shape index (κ2) is 8.37. The maximum Gasteiger partial charge on any atom is 0.274 e. The van der Waals surface area contributed by atoms with Crippen LogP contribution in [0.1, 0.15) is 27.9 Å². The van der Waals surface area contributed by atoms with Gasteiger partial charge in [0, 0.05) is 24.5 Å². The van der Waals surface area contributed by atoms with Gasteiger partial charge in [-0.1, -0.05) is 11.2 Å². The van der Waals surface area contributed by atoms with Crippen molar-refractivity contribution in [2.24, 2.45) is 0 Å². The third kappa shape index (κ3) is 4.64. The average molecular weight is 375 g/mol. The normalized spacial score (nSPS) is 11.8. The minimum absolute atomic E-state index is 0.0128. The summed E-state index contributed by atoms with van der Waals surface area (Å²) in [4.78, 5) is 16.2. The van der Waals surface area contributed by atoms with Crippen molar-refractivity contribution in [1.29, 1.82) is 0 Å². The summed E-state index contributed by atoms with van der Waals surface area (Å²) in [6.07, 6.45) is 3.11. The van der Waals surface area contributed by atoms with Crippen LogP contribution in [0.25, 0.3) is 0 Å². The predicted molar refractivity (Wildman–Crippen MR) is 88.7 cm³/mol. The van der Waals surface area contributed by atoms with Gasteiger partial charge in [-0.25, -0.2) is 8.78 Å². The summed E-state index contributed by atoms with van der Waals surface area (Å²) in [6.45, 7) is -0.446. The zero-order chi connectivity index (χ0) is 19.2. The second-order valence-corrected chi connectivity index (χ2v) is 5.54. The molecule has 1 amide bonds. The number of benzene rings is 1. The van der Waals surface area contributed by atoms with Crippen LogP contribution in [0.5, 0.6) is 5.75 Å². The number of nitrogens with zero attached hydrogens (tertiary/aromatic N) is 2. The number of aliphatic hydroxyl groups excluding tert-OH is 1. The van der Waals surface area contributed by atoms with E-state index in [1.807, 2.05) is 0 Å². The van der Waals surface area contributed by atoms with Crippen LogP contribution in [-0.2, 0) is 6.61 Å². The monoisotopic (exact) mass is 375 g/mol. The molecule has 0 bridgehead atoms. The van der Waals surface area contributed by atoms with Crippen LogP contribution in [0.4, 0.5) is 8.78 Å². The summed E-state index contributed by atoms with van der Waals surface area (Å²) in [5.41, 5.74) is 0.625. The van der Waals surface area contributed by atoms with Gasteiger partial charge in [0.25, 0.3) is 5.91 Å². The van der Waals surface area contributed by atoms with Crippen molar-refractivity contribution in [3.8, 4) is 5.75 Å². The van der Waals surface area contributed by atoms with Crippen LogP contribution in [0.15, 0.2) is 53.3 Å². The number of carbonyl (C=O) groups excluding carboxylic acids is 1. The number of aliphatic hydroxyl groups is 1. The molecule has 1 aromatic carbocycles. The van der Waals surface area contributed by atoms with Crippen molar-refractivity contribution in [1.82, 2.24) is 15.5 Å². The van der Waals surface area contributed by atoms with E-state index in [0.29, 0.717) is 5.56 Å². The Kier molecular flexibility index (Phi) is 5.72. The van der Waals surface area contributed by atoms with E-state index in [-0.39, 0.29) is 30.4 Å². The molecule has 0 aliphatic heterocycles. The number of hydrogen-bond acceptors (Lipinski definition) is 6. The highest BCUT2D eigenvalue weighted by Crippen LogP contribution is 2.17. The number of amides is 1. The van der Waals surface area contributed by atoms with Gasteiger partial charge in [0.05, 0.1) is 12.6 Å². The Morgan fingerprint density at radius 2 is 2.11 bits per heavy atom. The average Bonchev–Trinajstić information content (AvgIpc) is 3.17. The molecule has 0 radical (unpaired) electrons. The summed E-state index contributed by atoms with van der Waals surface area (Å²) >= 11 is 0. The Balaban J connectivity index is 1.60. The molecule has 0 aliphatic carbocycles. The maximum atomic E-state index is 13.1. The van der Waals surface area contributed by atoms with Crippen molar-refractivity contribution >= 4 is 5.91 Å². The highest BCUT2D eigenvalue weighted by atomic mass is 19.2. The summed E-state index contributed by atoms with van der Waals surface area (Å²) in [5.74, 6) is -2.25. The molecule has 9 heteroatoms. The summed E-state index contributed by atoms with van der Waals surface area (Å²) < 4.78 is 36.3. The third-order valence-corrected chi connectivity index (χ3v) is 3.64. The molecule has 3 rings (SSSR count). The van der Waals surface area contributed by atoms with E-state index in [9.17, 15) is 18.7 Å². The third-order valence-electron chi connectivity index (χ3n) is 3.64. The first-order valence-electron chi connectivity index (χ1n) is 7.92. The SMILES string of the molecule is O=C(NC(CO)c1cccnc1)c1cc(COc2ccc(F)c(F)c2)on1. The molecule has 1 atom stereocenters. The fourth-order valence-corrected chi connectivity index (χ4v) is 2.26. The van der Waals surface area contributed by atoms with Crippen molar-refractivity contribution in [2.45, 2.75) is 12.6 Å². The molecule has 7 nitrogen and oxygen atoms in total. The van der Waals surface area contributed by atoms with Crippen molar-refractivity contribution < 1.29 is 27.9 Å². The molecule has 140 valence electrons. The van der Waals surface area contributed by atoms with E-state index in [0.717, 1.165) is 12.1 Å². The minimum Gasteiger partial charge on any atom is -0.485 e. The molecule has 3 aromatic rings. The molecule has 2 N–H and O–H groups in total. The first-order chi connectivity index (χ1) is 13.1. The molecule has 2 aromatic heterocycles. The van der Waals surface area contributed by atoms with Gasteiger partial charge in [-0.2, -0.15) is 0 Å². The number of pyridine rings is 1. The van der Waals surface area contributed by atoms with Crippen LogP contribution in [0.2, 0.25) is 0 Å². The molecular formula is C18H15F2N3O4. The van der Waals surface area contributed by atoms with Gasteiger partial charge in [0.2, 0.25) is 0 Å². The van der Waals surface area contributed by atoms with Crippen LogP contribution < -0.4 is 10.1 Å². The largest absolute Gasteiger partial charge is 0.485 e. The number of aromatic nitrogens is 2. The van der Waals surface area contributed by atoms with E-state index < -0.39 is 23.6 Å². The standard InChI is InChI=1S/C18H15F2N3O4/c19-14-4-3-12(6-15(14)20)26-10-13-7-16(23-27-13)18(25)22-17(9-24)11-2-1-5-21-8-11/h1-8,17,24H,9-10H2,(H,22,25). The van der Waals surface area contributed by atoms with Crippen LogP contribution in [-0.4, -0.2) is 27.8 Å². The van der Waals surface area contributed by atoms with Gasteiger partial charge in [-0.05, 0) is 23.8 Å². The molecule has 27 heavy (non-hydrogen) atoms. The Labute approximate surface area is 152 Å². The van der Waals surface area contributed by atoms with Crippen LogP contribution in [0, 0.1) is 11.6 Å². The molecule has 0 aliphatic rings. The van der Waals surface area contributed by atoms with E-state index in [2.05, 4.69) is 15.5 Å². The molecule has 1 unspecified atom stereocenters. The predicted octanol–water partition coefficient (Wildman–Crippen LogP) is 2.39. The maximum absolute atomic E-state index is 13.1. The zero-order valence-electron chi connectivity index (χ0n) is 13.9. The first kappa shape index (κ1) is 18.5. The van der Waals surface area contributed by atoms with Gasteiger partial charge in [0.15, 0.2) is 23.1 Å². The molecule has 0 spiro atoms. The highest BCUT2D eigenvalue weighted by Gasteiger charge is 2.18. The lowest BCUT2D eigenvalue weighted by atomic mass is 10.1. The zero-order valence-corrected chi connectivity index (χ0v) is 13.9. The Morgan fingerprint density at radius 3 is 2.81 bits per heavy atom. The number of ether oxygens (including phenoxy) is 1. The lowest BCUT2D eigenvalue weighted by Crippen LogP contribution is -2.31. The number of hydrogen-bond donors (Lipinski definition) is 2. The Hall–Kier alpha value is -3.33. The Morgan fingerprint density at radius 1 is 1.26 bits per heavy atom. The van der Waals surface area contributed by atoms with E-state index in [1.54, 1.807) is 18.3 Å². The topological polar surface area (TPSA) is 97.5 Å². The fraction of sp³-hybridized carbons (Fsp3) is 0.167. The minimum atomic E-state index is -1.03. The lowest BCUT2D eigenvalue weighted by Gasteiger charge is -2.15. The van der Waals surface area contributed by atoms with E-state index >= 15 is 0 Å². The second-order valence-electron chi connectivity index (χ2n) is 5.54. The van der Waals surface area contributed by atoms with Gasteiger partial charge in [0.1, 0.15) is 12.4 Å². The molecule has 0 saturated heterocycles. The van der Waals surface area contributed by atoms with Gasteiger partial charge in [-0.3, -0.25) is 9.78 Å². The molecule has 0 saturated carbocycles. The van der Waals surface area contributed by atoms with E-state index in [1.165, 1.54) is 18.3 Å². The molecule has 2 heterocycles. The molecular weight excluding hydrogens is 360 g/mol. The van der Waals surface area contributed by atoms with Crippen LogP contribution in [0.3, 0.4) is 0 Å². The number of halogens is 2. The van der Waals surface area contributed by atoms with Crippen molar-refractivity contribution in [3.05, 3.63) is 77.4 Å². The van der Waals surface area contributed by atoms with Crippen molar-refractivity contribution in [2.75, 3.05) is 6.61 Å². The number of nitrogens with one attached hydrogen (secondary N) is 1. The van der Waals surface area contributed by atoms with Crippen LogP contribution >= 0.6 is 0 Å². The highest BCUT2D eigenvalue weighted by molar-refractivity contribution is 5.92. The lowest BCUT2D eigenvalue weighted by molar-refractivity contribution is 0.0906. The van der Waals surface area contributed by atoms with Gasteiger partial charge >= 0.3 is 0 Å². The number of carbonyl (C=O) groups is 1. The first-order valence-corrected chi connectivity index (χ1v) is 7.92. The summed E-state index contributed by atoms with van der Waals surface area (Å²) in [6, 6.07) is 7.22. The van der Waals surface area contributed by atoms with Crippen molar-refractivity contribution in [3.63, 3.8) is 0 Å². The molecule has 0 fully saturated rings. The van der Waals surface area contributed by atoms with Gasteiger partial charge < -0.3 is 19.7 Å². The van der Waals surface area contributed by atoms with Gasteiger partial charge in [-0.15, -0.1) is 0 Å². The Bertz CT molecular complexity index is 918. The summed E-state index contributed by atoms with van der Waals surface area (Å²) in [7, 11) is 0. The summed E-state index contributed by atoms with van der Waals surface area (Å²) in [5, 5.41) is 15.7. The quantitative estimate of drug-likeness (QED) is 0.658. The van der Waals surface area contributed by atoms with E-state index in [4.69, 9.17) is 9.26 Å². The smallest absolute Gasteiger partial charge is 0.274 e. The number of rotatable bonds is 7.